The molecule has 6 nitrogen and oxygen atoms in total. The zero-order valence-electron chi connectivity index (χ0n) is 17.6. The minimum Gasteiger partial charge on any atom is -0.357 e. The number of amides is 1. The van der Waals surface area contributed by atoms with Gasteiger partial charge in [-0.1, -0.05) is 36.4 Å². The summed E-state index contributed by atoms with van der Waals surface area (Å²) < 4.78 is 1.89. The van der Waals surface area contributed by atoms with Gasteiger partial charge in [-0.2, -0.15) is 5.10 Å². The molecule has 0 aliphatic heterocycles. The van der Waals surface area contributed by atoms with Crippen LogP contribution >= 0.6 is 0 Å². The molecule has 3 aromatic rings. The van der Waals surface area contributed by atoms with Gasteiger partial charge in [0, 0.05) is 31.5 Å². The van der Waals surface area contributed by atoms with Gasteiger partial charge in [0.1, 0.15) is 5.82 Å². The average Bonchev–Trinajstić information content (AvgIpc) is 3.02. The van der Waals surface area contributed by atoms with Crippen LogP contribution in [-0.4, -0.2) is 33.8 Å². The number of carbonyl (C=O) groups is 1. The van der Waals surface area contributed by atoms with Crippen molar-refractivity contribution in [3.63, 3.8) is 0 Å². The van der Waals surface area contributed by atoms with Crippen LogP contribution in [0, 0.1) is 13.8 Å². The molecule has 6 heteroatoms. The molecule has 1 aromatic carbocycles. The SMILES string of the molecule is CCN(CC)c1ccc(CNC(=O)c2c(C)nn(Cc3ccccc3)c2C)cn1. The van der Waals surface area contributed by atoms with E-state index in [1.807, 2.05) is 55.1 Å². The molecule has 0 saturated heterocycles. The second-order valence-corrected chi connectivity index (χ2v) is 7.07. The molecule has 2 heterocycles. The first-order chi connectivity index (χ1) is 14.0. The van der Waals surface area contributed by atoms with E-state index in [4.69, 9.17) is 0 Å². The van der Waals surface area contributed by atoms with Crippen molar-refractivity contribution in [2.24, 2.45) is 0 Å². The van der Waals surface area contributed by atoms with Gasteiger partial charge in [-0.05, 0) is 44.9 Å². The van der Waals surface area contributed by atoms with E-state index in [1.165, 1.54) is 0 Å². The van der Waals surface area contributed by atoms with Crippen LogP contribution in [0.25, 0.3) is 0 Å². The van der Waals surface area contributed by atoms with Crippen LogP contribution in [0.5, 0.6) is 0 Å². The predicted octanol–water partition coefficient (Wildman–Crippen LogP) is 3.72. The van der Waals surface area contributed by atoms with Gasteiger partial charge in [0.15, 0.2) is 0 Å². The Labute approximate surface area is 172 Å². The Morgan fingerprint density at radius 2 is 1.76 bits per heavy atom. The zero-order valence-corrected chi connectivity index (χ0v) is 17.6. The molecule has 0 fully saturated rings. The van der Waals surface area contributed by atoms with Gasteiger partial charge in [0.05, 0.1) is 17.8 Å². The molecule has 0 aliphatic rings. The predicted molar refractivity (Wildman–Crippen MR) is 116 cm³/mol. The maximum atomic E-state index is 12.8. The van der Waals surface area contributed by atoms with E-state index in [9.17, 15) is 4.79 Å². The Bertz CT molecular complexity index is 943. The van der Waals surface area contributed by atoms with E-state index in [0.29, 0.717) is 18.7 Å². The van der Waals surface area contributed by atoms with Gasteiger partial charge in [-0.3, -0.25) is 9.48 Å². The lowest BCUT2D eigenvalue weighted by molar-refractivity contribution is 0.0949. The quantitative estimate of drug-likeness (QED) is 0.636. The fourth-order valence-electron chi connectivity index (χ4n) is 3.46. The first-order valence-electron chi connectivity index (χ1n) is 10.1. The normalized spacial score (nSPS) is 10.8. The first kappa shape index (κ1) is 20.6. The third-order valence-corrected chi connectivity index (χ3v) is 5.13. The molecule has 152 valence electrons. The fourth-order valence-corrected chi connectivity index (χ4v) is 3.46. The molecule has 0 aliphatic carbocycles. The fraction of sp³-hybridized carbons (Fsp3) is 0.348. The highest BCUT2D eigenvalue weighted by Gasteiger charge is 2.18. The van der Waals surface area contributed by atoms with Gasteiger partial charge in [-0.15, -0.1) is 0 Å². The van der Waals surface area contributed by atoms with Crippen molar-refractivity contribution in [2.45, 2.75) is 40.8 Å². The Morgan fingerprint density at radius 1 is 1.03 bits per heavy atom. The maximum Gasteiger partial charge on any atom is 0.255 e. The van der Waals surface area contributed by atoms with Crippen LogP contribution in [0.2, 0.25) is 0 Å². The van der Waals surface area contributed by atoms with E-state index in [2.05, 4.69) is 46.3 Å². The van der Waals surface area contributed by atoms with Gasteiger partial charge >= 0.3 is 0 Å². The second kappa shape index (κ2) is 9.37. The Hall–Kier alpha value is -3.15. The van der Waals surface area contributed by atoms with Crippen molar-refractivity contribution in [1.29, 1.82) is 0 Å². The van der Waals surface area contributed by atoms with Crippen LogP contribution < -0.4 is 10.2 Å². The van der Waals surface area contributed by atoms with Crippen molar-refractivity contribution >= 4 is 11.7 Å². The number of nitrogens with zero attached hydrogens (tertiary/aromatic N) is 4. The number of aryl methyl sites for hydroxylation is 1. The van der Waals surface area contributed by atoms with Gasteiger partial charge in [0.25, 0.3) is 5.91 Å². The summed E-state index contributed by atoms with van der Waals surface area (Å²) in [5.74, 6) is 0.853. The smallest absolute Gasteiger partial charge is 0.255 e. The molecule has 1 amide bonds. The van der Waals surface area contributed by atoms with E-state index in [1.54, 1.807) is 0 Å². The molecule has 0 spiro atoms. The van der Waals surface area contributed by atoms with E-state index >= 15 is 0 Å². The largest absolute Gasteiger partial charge is 0.357 e. The molecular weight excluding hydrogens is 362 g/mol. The van der Waals surface area contributed by atoms with Crippen LogP contribution in [-0.2, 0) is 13.1 Å². The number of anilines is 1. The number of benzene rings is 1. The number of pyridine rings is 1. The zero-order chi connectivity index (χ0) is 20.8. The molecule has 29 heavy (non-hydrogen) atoms. The molecule has 1 N–H and O–H groups in total. The van der Waals surface area contributed by atoms with E-state index < -0.39 is 0 Å². The standard InChI is InChI=1S/C23H29N5O/c1-5-27(6-2)21-13-12-20(14-24-21)15-25-23(29)22-17(3)26-28(18(22)4)16-19-10-8-7-9-11-19/h7-14H,5-6,15-16H2,1-4H3,(H,25,29). The second-order valence-electron chi connectivity index (χ2n) is 7.07. The Balaban J connectivity index is 1.66. The van der Waals surface area contributed by atoms with Gasteiger partial charge in [0.2, 0.25) is 0 Å². The minimum absolute atomic E-state index is 0.105. The van der Waals surface area contributed by atoms with E-state index in [0.717, 1.165) is 41.4 Å². The molecule has 0 bridgehead atoms. The van der Waals surface area contributed by atoms with Gasteiger partial charge in [-0.25, -0.2) is 4.98 Å². The summed E-state index contributed by atoms with van der Waals surface area (Å²) in [5.41, 5.74) is 4.39. The summed E-state index contributed by atoms with van der Waals surface area (Å²) in [7, 11) is 0. The summed E-state index contributed by atoms with van der Waals surface area (Å²) in [5, 5.41) is 7.57. The third kappa shape index (κ3) is 4.83. The van der Waals surface area contributed by atoms with Crippen molar-refractivity contribution in [3.8, 4) is 0 Å². The summed E-state index contributed by atoms with van der Waals surface area (Å²) in [4.78, 5) is 19.5. The number of hydrogen-bond donors (Lipinski definition) is 1. The van der Waals surface area contributed by atoms with Crippen LogP contribution in [0.4, 0.5) is 5.82 Å². The monoisotopic (exact) mass is 391 g/mol. The first-order valence-corrected chi connectivity index (χ1v) is 10.1. The number of carbonyl (C=O) groups excluding carboxylic acids is 1. The van der Waals surface area contributed by atoms with Crippen LogP contribution in [0.1, 0.15) is 46.7 Å². The van der Waals surface area contributed by atoms with Gasteiger partial charge < -0.3 is 10.2 Å². The molecule has 0 atom stereocenters. The molecule has 0 unspecified atom stereocenters. The minimum atomic E-state index is -0.105. The highest BCUT2D eigenvalue weighted by atomic mass is 16.1. The topological polar surface area (TPSA) is 63.1 Å². The molecule has 0 radical (unpaired) electrons. The molecule has 0 saturated carbocycles. The number of aromatic nitrogens is 3. The molecular formula is C23H29N5O. The summed E-state index contributed by atoms with van der Waals surface area (Å²) in [6.45, 7) is 11.0. The van der Waals surface area contributed by atoms with Crippen molar-refractivity contribution in [1.82, 2.24) is 20.1 Å². The highest BCUT2D eigenvalue weighted by Crippen LogP contribution is 2.16. The molecule has 2 aromatic heterocycles. The number of hydrogen-bond acceptors (Lipinski definition) is 4. The lowest BCUT2D eigenvalue weighted by Crippen LogP contribution is -2.25. The lowest BCUT2D eigenvalue weighted by Gasteiger charge is -2.19. The Morgan fingerprint density at radius 3 is 2.38 bits per heavy atom. The summed E-state index contributed by atoms with van der Waals surface area (Å²) in [6, 6.07) is 14.1. The maximum absolute atomic E-state index is 12.8. The Kier molecular flexibility index (Phi) is 6.65. The summed E-state index contributed by atoms with van der Waals surface area (Å²) >= 11 is 0. The lowest BCUT2D eigenvalue weighted by atomic mass is 10.1. The average molecular weight is 392 g/mol. The van der Waals surface area contributed by atoms with Crippen molar-refractivity contribution < 1.29 is 4.79 Å². The van der Waals surface area contributed by atoms with Crippen LogP contribution in [0.15, 0.2) is 48.7 Å². The highest BCUT2D eigenvalue weighted by molar-refractivity contribution is 5.96. The van der Waals surface area contributed by atoms with Crippen molar-refractivity contribution in [3.05, 3.63) is 76.7 Å². The summed E-state index contributed by atoms with van der Waals surface area (Å²) in [6.07, 6.45) is 1.83. The molecule has 3 rings (SSSR count). The number of nitrogens with one attached hydrogen (secondary N) is 1. The third-order valence-electron chi connectivity index (χ3n) is 5.13. The number of rotatable bonds is 8. The van der Waals surface area contributed by atoms with E-state index in [-0.39, 0.29) is 5.91 Å². The van der Waals surface area contributed by atoms with Crippen LogP contribution in [0.3, 0.4) is 0 Å². The van der Waals surface area contributed by atoms with Crippen molar-refractivity contribution in [2.75, 3.05) is 18.0 Å².